The van der Waals surface area contributed by atoms with Gasteiger partial charge in [0.2, 0.25) is 5.91 Å². The molecule has 0 radical (unpaired) electrons. The van der Waals surface area contributed by atoms with Gasteiger partial charge in [-0.15, -0.1) is 0 Å². The monoisotopic (exact) mass is 391 g/mol. The molecule has 1 amide bonds. The van der Waals surface area contributed by atoms with Crippen molar-refractivity contribution in [2.45, 2.75) is 6.92 Å². The number of rotatable bonds is 5. The molecule has 2 aromatic carbocycles. The molecular weight excluding hydrogens is 370 g/mol. The van der Waals surface area contributed by atoms with Crippen LogP contribution in [0, 0.1) is 6.92 Å². The number of nitrogens with one attached hydrogen (secondary N) is 1. The van der Waals surface area contributed by atoms with E-state index in [4.69, 9.17) is 4.74 Å². The Labute approximate surface area is 167 Å². The normalized spacial score (nSPS) is 10.9. The van der Waals surface area contributed by atoms with E-state index in [1.165, 1.54) is 37.0 Å². The maximum absolute atomic E-state index is 12.4. The maximum atomic E-state index is 12.4. The van der Waals surface area contributed by atoms with Crippen LogP contribution in [0.15, 0.2) is 70.4 Å². The van der Waals surface area contributed by atoms with Crippen molar-refractivity contribution in [2.24, 2.45) is 14.1 Å². The van der Waals surface area contributed by atoms with Crippen LogP contribution in [-0.4, -0.2) is 15.0 Å². The minimum Gasteiger partial charge on any atom is -0.455 e. The summed E-state index contributed by atoms with van der Waals surface area (Å²) < 4.78 is 8.13. The summed E-state index contributed by atoms with van der Waals surface area (Å²) in [5, 5.41) is 2.74. The molecule has 1 heterocycles. The molecule has 148 valence electrons. The number of carbonyl (C=O) groups is 1. The molecule has 0 aliphatic heterocycles. The number of hydrogen-bond donors (Lipinski definition) is 1. The van der Waals surface area contributed by atoms with Crippen LogP contribution in [0.3, 0.4) is 0 Å². The molecule has 0 saturated heterocycles. The summed E-state index contributed by atoms with van der Waals surface area (Å²) in [5.74, 6) is 0.721. The quantitative estimate of drug-likeness (QED) is 0.678. The summed E-state index contributed by atoms with van der Waals surface area (Å²) in [6.07, 6.45) is 4.01. The number of ether oxygens (including phenoxy) is 1. The second-order valence-corrected chi connectivity index (χ2v) is 6.58. The Hall–Kier alpha value is -3.87. The summed E-state index contributed by atoms with van der Waals surface area (Å²) in [6, 6.07) is 14.6. The standard InChI is InChI=1S/C22H21N3O4/c1-15-8-11-17(12-9-15)29-19-7-5-4-6-18(19)23-20(26)13-10-16-14-24(2)22(28)25(3)21(16)27/h4-14H,1-3H3,(H,23,26). The molecule has 3 rings (SSSR count). The van der Waals surface area contributed by atoms with Crippen molar-refractivity contribution in [3.63, 3.8) is 0 Å². The number of para-hydroxylation sites is 2. The van der Waals surface area contributed by atoms with Crippen LogP contribution in [0.25, 0.3) is 6.08 Å². The van der Waals surface area contributed by atoms with Crippen LogP contribution in [0.1, 0.15) is 11.1 Å². The van der Waals surface area contributed by atoms with Crippen LogP contribution in [-0.2, 0) is 18.9 Å². The van der Waals surface area contributed by atoms with Gasteiger partial charge in [-0.05, 0) is 37.3 Å². The predicted molar refractivity (Wildman–Crippen MR) is 112 cm³/mol. The van der Waals surface area contributed by atoms with E-state index in [1.54, 1.807) is 18.2 Å². The Bertz CT molecular complexity index is 1190. The summed E-state index contributed by atoms with van der Waals surface area (Å²) >= 11 is 0. The zero-order valence-electron chi connectivity index (χ0n) is 16.4. The summed E-state index contributed by atoms with van der Waals surface area (Å²) in [6.45, 7) is 1.99. The fourth-order valence-electron chi connectivity index (χ4n) is 2.68. The number of amides is 1. The Balaban J connectivity index is 1.78. The Morgan fingerprint density at radius 2 is 1.72 bits per heavy atom. The Kier molecular flexibility index (Phi) is 5.78. The van der Waals surface area contributed by atoms with Gasteiger partial charge in [-0.25, -0.2) is 4.79 Å². The Morgan fingerprint density at radius 3 is 2.45 bits per heavy atom. The minimum absolute atomic E-state index is 0.231. The summed E-state index contributed by atoms with van der Waals surface area (Å²) in [4.78, 5) is 36.2. The zero-order valence-corrected chi connectivity index (χ0v) is 16.4. The first-order valence-electron chi connectivity index (χ1n) is 8.94. The van der Waals surface area contributed by atoms with E-state index < -0.39 is 17.2 Å². The van der Waals surface area contributed by atoms with Crippen molar-refractivity contribution in [1.29, 1.82) is 0 Å². The van der Waals surface area contributed by atoms with E-state index in [0.717, 1.165) is 10.1 Å². The van der Waals surface area contributed by atoms with Gasteiger partial charge in [0.25, 0.3) is 5.56 Å². The van der Waals surface area contributed by atoms with Crippen molar-refractivity contribution in [3.8, 4) is 11.5 Å². The molecule has 1 aromatic heterocycles. The molecule has 0 aliphatic carbocycles. The van der Waals surface area contributed by atoms with E-state index in [9.17, 15) is 14.4 Å². The van der Waals surface area contributed by atoms with E-state index in [-0.39, 0.29) is 5.56 Å². The van der Waals surface area contributed by atoms with Gasteiger partial charge in [0, 0.05) is 26.4 Å². The third-order valence-electron chi connectivity index (χ3n) is 4.28. The van der Waals surface area contributed by atoms with Crippen molar-refractivity contribution < 1.29 is 9.53 Å². The van der Waals surface area contributed by atoms with Gasteiger partial charge in [0.05, 0.1) is 11.3 Å². The first-order valence-corrected chi connectivity index (χ1v) is 8.94. The fraction of sp³-hybridized carbons (Fsp3) is 0.136. The van der Waals surface area contributed by atoms with Crippen LogP contribution in [0.4, 0.5) is 5.69 Å². The highest BCUT2D eigenvalue weighted by atomic mass is 16.5. The van der Waals surface area contributed by atoms with E-state index in [0.29, 0.717) is 17.2 Å². The molecule has 0 bridgehead atoms. The zero-order chi connectivity index (χ0) is 21.0. The van der Waals surface area contributed by atoms with E-state index >= 15 is 0 Å². The molecule has 0 spiro atoms. The lowest BCUT2D eigenvalue weighted by Gasteiger charge is -2.11. The lowest BCUT2D eigenvalue weighted by molar-refractivity contribution is -0.111. The molecule has 3 aromatic rings. The maximum Gasteiger partial charge on any atom is 0.330 e. The smallest absolute Gasteiger partial charge is 0.330 e. The van der Waals surface area contributed by atoms with Gasteiger partial charge in [0.1, 0.15) is 5.75 Å². The first kappa shape index (κ1) is 19.9. The summed E-state index contributed by atoms with van der Waals surface area (Å²) in [7, 11) is 2.93. The third kappa shape index (κ3) is 4.70. The number of anilines is 1. The van der Waals surface area contributed by atoms with Crippen LogP contribution >= 0.6 is 0 Å². The highest BCUT2D eigenvalue weighted by Crippen LogP contribution is 2.29. The average Bonchev–Trinajstić information content (AvgIpc) is 2.71. The third-order valence-corrected chi connectivity index (χ3v) is 4.28. The van der Waals surface area contributed by atoms with Crippen LogP contribution < -0.4 is 21.3 Å². The number of nitrogens with zero attached hydrogens (tertiary/aromatic N) is 2. The van der Waals surface area contributed by atoms with Crippen molar-refractivity contribution in [3.05, 3.63) is 92.8 Å². The first-order chi connectivity index (χ1) is 13.8. The topological polar surface area (TPSA) is 82.3 Å². The summed E-state index contributed by atoms with van der Waals surface area (Å²) in [5.41, 5.74) is 0.942. The molecule has 0 saturated carbocycles. The largest absolute Gasteiger partial charge is 0.455 e. The highest BCUT2D eigenvalue weighted by molar-refractivity contribution is 6.02. The fourth-order valence-corrected chi connectivity index (χ4v) is 2.68. The number of aromatic nitrogens is 2. The lowest BCUT2D eigenvalue weighted by Crippen LogP contribution is -2.37. The molecular formula is C22H21N3O4. The highest BCUT2D eigenvalue weighted by Gasteiger charge is 2.08. The molecule has 7 nitrogen and oxygen atoms in total. The van der Waals surface area contributed by atoms with Crippen LogP contribution in [0.2, 0.25) is 0 Å². The van der Waals surface area contributed by atoms with Gasteiger partial charge >= 0.3 is 5.69 Å². The molecule has 29 heavy (non-hydrogen) atoms. The molecule has 0 aliphatic rings. The Morgan fingerprint density at radius 1 is 1.03 bits per heavy atom. The van der Waals surface area contributed by atoms with Gasteiger partial charge in [-0.1, -0.05) is 29.8 Å². The second-order valence-electron chi connectivity index (χ2n) is 6.58. The molecule has 0 unspecified atom stereocenters. The lowest BCUT2D eigenvalue weighted by atomic mass is 10.2. The van der Waals surface area contributed by atoms with E-state index in [1.807, 2.05) is 37.3 Å². The van der Waals surface area contributed by atoms with Gasteiger partial charge in [-0.2, -0.15) is 0 Å². The van der Waals surface area contributed by atoms with Gasteiger partial charge < -0.3 is 14.6 Å². The number of benzene rings is 2. The molecule has 0 atom stereocenters. The number of hydrogen-bond acceptors (Lipinski definition) is 4. The van der Waals surface area contributed by atoms with Crippen molar-refractivity contribution >= 4 is 17.7 Å². The molecule has 0 fully saturated rings. The number of carbonyl (C=O) groups excluding carboxylic acids is 1. The van der Waals surface area contributed by atoms with Crippen LogP contribution in [0.5, 0.6) is 11.5 Å². The van der Waals surface area contributed by atoms with Gasteiger partial charge in [-0.3, -0.25) is 14.2 Å². The molecule has 1 N–H and O–H groups in total. The second kappa shape index (κ2) is 8.43. The average molecular weight is 391 g/mol. The molecule has 7 heteroatoms. The SMILES string of the molecule is Cc1ccc(Oc2ccccc2NC(=O)C=Cc2cn(C)c(=O)n(C)c2=O)cc1. The predicted octanol–water partition coefficient (Wildman–Crippen LogP) is 2.84. The van der Waals surface area contributed by atoms with Crippen molar-refractivity contribution in [2.75, 3.05) is 5.32 Å². The van der Waals surface area contributed by atoms with Crippen molar-refractivity contribution in [1.82, 2.24) is 9.13 Å². The number of aryl methyl sites for hydroxylation is 2. The van der Waals surface area contributed by atoms with Gasteiger partial charge in [0.15, 0.2) is 5.75 Å². The minimum atomic E-state index is -0.472. The van der Waals surface area contributed by atoms with E-state index in [2.05, 4.69) is 5.32 Å².